The van der Waals surface area contributed by atoms with E-state index in [1.165, 1.54) is 25.7 Å². The highest BCUT2D eigenvalue weighted by Crippen LogP contribution is 2.16. The SMILES string of the molecule is CC.COCC1CCCN1.Cc1[nH]nc2ncnc(N)c12. The molecule has 1 saturated heterocycles. The molecule has 0 amide bonds. The minimum atomic E-state index is 0.473. The van der Waals surface area contributed by atoms with Gasteiger partial charge in [-0.3, -0.25) is 5.10 Å². The number of nitrogen functional groups attached to an aromatic ring is 1. The Labute approximate surface area is 125 Å². The van der Waals surface area contributed by atoms with E-state index in [9.17, 15) is 0 Å². The van der Waals surface area contributed by atoms with Crippen LogP contribution in [0, 0.1) is 6.92 Å². The number of methoxy groups -OCH3 is 1. The lowest BCUT2D eigenvalue weighted by atomic mass is 10.2. The summed E-state index contributed by atoms with van der Waals surface area (Å²) in [7, 11) is 1.75. The van der Waals surface area contributed by atoms with Crippen LogP contribution < -0.4 is 11.1 Å². The number of aromatic amines is 1. The Morgan fingerprint density at radius 1 is 1.38 bits per heavy atom. The molecule has 0 spiro atoms. The Hall–Kier alpha value is -1.73. The molecule has 0 saturated carbocycles. The summed E-state index contributed by atoms with van der Waals surface area (Å²) < 4.78 is 4.96. The maximum Gasteiger partial charge on any atom is 0.186 e. The minimum Gasteiger partial charge on any atom is -0.383 e. The van der Waals surface area contributed by atoms with Gasteiger partial charge in [-0.1, -0.05) is 13.8 Å². The lowest BCUT2D eigenvalue weighted by Gasteiger charge is -2.05. The maximum absolute atomic E-state index is 5.59. The van der Waals surface area contributed by atoms with Gasteiger partial charge in [0.2, 0.25) is 0 Å². The standard InChI is InChI=1S/C6H7N5.C6H13NO.C2H6/c1-3-4-5(7)8-2-9-6(4)11-10-3;1-8-5-6-3-2-4-7-6;1-2/h2H,1H3,(H3,7,8,9,10,11);6-7H,2-5H2,1H3;1-2H3. The molecule has 1 unspecified atom stereocenters. The number of anilines is 1. The van der Waals surface area contributed by atoms with Gasteiger partial charge in [0.25, 0.3) is 0 Å². The van der Waals surface area contributed by atoms with Crippen molar-refractivity contribution in [3.05, 3.63) is 12.0 Å². The number of fused-ring (bicyclic) bond motifs is 1. The monoisotopic (exact) mass is 294 g/mol. The van der Waals surface area contributed by atoms with E-state index in [1.54, 1.807) is 7.11 Å². The molecule has 4 N–H and O–H groups in total. The van der Waals surface area contributed by atoms with Gasteiger partial charge in [0.15, 0.2) is 5.65 Å². The van der Waals surface area contributed by atoms with Crippen molar-refractivity contribution >= 4 is 16.9 Å². The Morgan fingerprint density at radius 3 is 2.71 bits per heavy atom. The van der Waals surface area contributed by atoms with Gasteiger partial charge < -0.3 is 15.8 Å². The highest BCUT2D eigenvalue weighted by Gasteiger charge is 2.12. The molecular weight excluding hydrogens is 268 g/mol. The number of nitrogens with zero attached hydrogens (tertiary/aromatic N) is 3. The topological polar surface area (TPSA) is 102 Å². The van der Waals surface area contributed by atoms with Crippen molar-refractivity contribution in [2.45, 2.75) is 39.7 Å². The summed E-state index contributed by atoms with van der Waals surface area (Å²) in [6, 6.07) is 0.639. The Balaban J connectivity index is 0.000000196. The van der Waals surface area contributed by atoms with E-state index in [1.807, 2.05) is 20.8 Å². The van der Waals surface area contributed by atoms with Crippen LogP contribution in [-0.2, 0) is 4.74 Å². The average molecular weight is 294 g/mol. The summed E-state index contributed by atoms with van der Waals surface area (Å²) in [4.78, 5) is 7.78. The van der Waals surface area contributed by atoms with Crippen LogP contribution in [0.3, 0.4) is 0 Å². The quantitative estimate of drug-likeness (QED) is 0.778. The average Bonchev–Trinajstić information content (AvgIpc) is 3.13. The fourth-order valence-corrected chi connectivity index (χ4v) is 2.13. The van der Waals surface area contributed by atoms with Crippen LogP contribution in [0.2, 0.25) is 0 Å². The fraction of sp³-hybridized carbons (Fsp3) is 0.643. The zero-order chi connectivity index (χ0) is 15.7. The second-order valence-electron chi connectivity index (χ2n) is 4.55. The van der Waals surface area contributed by atoms with Gasteiger partial charge >= 0.3 is 0 Å². The van der Waals surface area contributed by atoms with Crippen LogP contribution >= 0.6 is 0 Å². The predicted molar refractivity (Wildman–Crippen MR) is 85.1 cm³/mol. The number of aryl methyl sites for hydroxylation is 1. The summed E-state index contributed by atoms with van der Waals surface area (Å²) in [5, 5.41) is 10.9. The van der Waals surface area contributed by atoms with Crippen LogP contribution in [-0.4, -0.2) is 46.5 Å². The van der Waals surface area contributed by atoms with Crippen LogP contribution in [0.4, 0.5) is 5.82 Å². The van der Waals surface area contributed by atoms with Gasteiger partial charge in [-0.15, -0.1) is 0 Å². The zero-order valence-corrected chi connectivity index (χ0v) is 13.3. The molecular formula is C14H26N6O. The van der Waals surface area contributed by atoms with Gasteiger partial charge in [0.05, 0.1) is 12.0 Å². The molecule has 7 nitrogen and oxygen atoms in total. The molecule has 0 aliphatic carbocycles. The molecule has 7 heteroatoms. The smallest absolute Gasteiger partial charge is 0.186 e. The van der Waals surface area contributed by atoms with Crippen molar-refractivity contribution in [2.24, 2.45) is 0 Å². The van der Waals surface area contributed by atoms with E-state index >= 15 is 0 Å². The second-order valence-corrected chi connectivity index (χ2v) is 4.55. The molecule has 1 aliphatic heterocycles. The van der Waals surface area contributed by atoms with Gasteiger partial charge in [-0.2, -0.15) is 5.10 Å². The van der Waals surface area contributed by atoms with E-state index in [4.69, 9.17) is 10.5 Å². The predicted octanol–water partition coefficient (Wildman–Crippen LogP) is 1.65. The first-order valence-corrected chi connectivity index (χ1v) is 7.36. The number of nitrogens with two attached hydrogens (primary N) is 1. The lowest BCUT2D eigenvalue weighted by molar-refractivity contribution is 0.173. The first-order valence-electron chi connectivity index (χ1n) is 7.36. The van der Waals surface area contributed by atoms with Crippen LogP contribution in [0.15, 0.2) is 6.33 Å². The highest BCUT2D eigenvalue weighted by atomic mass is 16.5. The number of rotatable bonds is 2. The summed E-state index contributed by atoms with van der Waals surface area (Å²) in [6.07, 6.45) is 4.00. The second kappa shape index (κ2) is 9.25. The third kappa shape index (κ3) is 4.95. The van der Waals surface area contributed by atoms with Crippen LogP contribution in [0.1, 0.15) is 32.4 Å². The molecule has 21 heavy (non-hydrogen) atoms. The first kappa shape index (κ1) is 17.3. The van der Waals surface area contributed by atoms with Gasteiger partial charge in [0, 0.05) is 18.8 Å². The first-order chi connectivity index (χ1) is 10.2. The number of hydrogen-bond acceptors (Lipinski definition) is 6. The van der Waals surface area contributed by atoms with E-state index in [0.717, 1.165) is 17.7 Å². The van der Waals surface area contributed by atoms with E-state index in [0.29, 0.717) is 17.5 Å². The van der Waals surface area contributed by atoms with E-state index < -0.39 is 0 Å². The van der Waals surface area contributed by atoms with Crippen LogP contribution in [0.25, 0.3) is 11.0 Å². The number of ether oxygens (including phenoxy) is 1. The maximum atomic E-state index is 5.59. The van der Waals surface area contributed by atoms with Crippen molar-refractivity contribution < 1.29 is 4.74 Å². The van der Waals surface area contributed by atoms with Gasteiger partial charge in [-0.05, 0) is 26.3 Å². The van der Waals surface area contributed by atoms with Gasteiger partial charge in [0.1, 0.15) is 12.1 Å². The van der Waals surface area contributed by atoms with E-state index in [2.05, 4.69) is 25.5 Å². The van der Waals surface area contributed by atoms with Crippen LogP contribution in [0.5, 0.6) is 0 Å². The molecule has 2 aromatic rings. The molecule has 3 rings (SSSR count). The number of hydrogen-bond donors (Lipinski definition) is 3. The van der Waals surface area contributed by atoms with E-state index in [-0.39, 0.29) is 0 Å². The molecule has 1 aliphatic rings. The molecule has 0 radical (unpaired) electrons. The normalized spacial score (nSPS) is 16.9. The summed E-state index contributed by atoms with van der Waals surface area (Å²) in [5.74, 6) is 0.473. The Kier molecular flexibility index (Phi) is 7.63. The molecule has 0 aromatic carbocycles. The number of H-pyrrole nitrogens is 1. The van der Waals surface area contributed by atoms with Crippen molar-refractivity contribution in [3.63, 3.8) is 0 Å². The van der Waals surface area contributed by atoms with Crippen molar-refractivity contribution in [2.75, 3.05) is 26.0 Å². The molecule has 3 heterocycles. The summed E-state index contributed by atoms with van der Waals surface area (Å²) in [6.45, 7) is 7.93. The van der Waals surface area contributed by atoms with Gasteiger partial charge in [-0.25, -0.2) is 9.97 Å². The molecule has 1 atom stereocenters. The molecule has 1 fully saturated rings. The molecule has 0 bridgehead atoms. The van der Waals surface area contributed by atoms with Crippen molar-refractivity contribution in [3.8, 4) is 0 Å². The van der Waals surface area contributed by atoms with Crippen molar-refractivity contribution in [1.82, 2.24) is 25.5 Å². The highest BCUT2D eigenvalue weighted by molar-refractivity contribution is 5.87. The molecule has 2 aromatic heterocycles. The minimum absolute atomic E-state index is 0.473. The van der Waals surface area contributed by atoms with Crippen molar-refractivity contribution in [1.29, 1.82) is 0 Å². The molecule has 118 valence electrons. The fourth-order valence-electron chi connectivity index (χ4n) is 2.13. The Bertz CT molecular complexity index is 521. The number of nitrogens with one attached hydrogen (secondary N) is 2. The third-order valence-corrected chi connectivity index (χ3v) is 3.09. The Morgan fingerprint density at radius 2 is 2.14 bits per heavy atom. The summed E-state index contributed by atoms with van der Waals surface area (Å²) >= 11 is 0. The largest absolute Gasteiger partial charge is 0.383 e. The lowest BCUT2D eigenvalue weighted by Crippen LogP contribution is -2.25. The zero-order valence-electron chi connectivity index (χ0n) is 13.3. The number of aromatic nitrogens is 4. The third-order valence-electron chi connectivity index (χ3n) is 3.09. The summed E-state index contributed by atoms with van der Waals surface area (Å²) in [5.41, 5.74) is 7.11.